The molecule has 0 aromatic carbocycles. The highest BCUT2D eigenvalue weighted by Crippen LogP contribution is 2.44. The van der Waals surface area contributed by atoms with Gasteiger partial charge in [0.15, 0.2) is 4.77 Å². The smallest absolute Gasteiger partial charge is 0.177 e. The molecule has 3 heteroatoms. The Hall–Kier alpha value is -0.570. The van der Waals surface area contributed by atoms with Gasteiger partial charge < -0.3 is 9.55 Å². The highest BCUT2D eigenvalue weighted by atomic mass is 32.1. The number of nitrogens with zero attached hydrogens (tertiary/aromatic N) is 1. The lowest BCUT2D eigenvalue weighted by atomic mass is 9.78. The molecule has 1 aliphatic rings. The van der Waals surface area contributed by atoms with Gasteiger partial charge in [0.1, 0.15) is 0 Å². The van der Waals surface area contributed by atoms with Crippen LogP contribution < -0.4 is 0 Å². The van der Waals surface area contributed by atoms with E-state index in [1.54, 1.807) is 0 Å². The monoisotopic (exact) mass is 266 g/mol. The first-order valence-corrected chi connectivity index (χ1v) is 7.74. The minimum absolute atomic E-state index is 0.499. The van der Waals surface area contributed by atoms with E-state index >= 15 is 0 Å². The van der Waals surface area contributed by atoms with Gasteiger partial charge in [-0.1, -0.05) is 33.6 Å². The summed E-state index contributed by atoms with van der Waals surface area (Å²) in [6, 6.07) is 0. The molecule has 0 radical (unpaired) electrons. The lowest BCUT2D eigenvalue weighted by molar-refractivity contribution is 0.194. The maximum atomic E-state index is 5.44. The van der Waals surface area contributed by atoms with Crippen LogP contribution in [0, 0.1) is 16.1 Å². The Kier molecular flexibility index (Phi) is 4.31. The highest BCUT2D eigenvalue weighted by Gasteiger charge is 2.35. The average molecular weight is 266 g/mol. The molecule has 1 aliphatic carbocycles. The number of imidazole rings is 1. The van der Waals surface area contributed by atoms with Crippen molar-refractivity contribution in [2.75, 3.05) is 0 Å². The Balaban J connectivity index is 2.23. The van der Waals surface area contributed by atoms with E-state index in [9.17, 15) is 0 Å². The number of hydrogen-bond donors (Lipinski definition) is 1. The van der Waals surface area contributed by atoms with Gasteiger partial charge in [0.2, 0.25) is 0 Å². The van der Waals surface area contributed by atoms with Crippen LogP contribution in [0.3, 0.4) is 0 Å². The largest absolute Gasteiger partial charge is 0.337 e. The first-order valence-electron chi connectivity index (χ1n) is 7.33. The number of nitrogens with one attached hydrogen (secondary N) is 1. The summed E-state index contributed by atoms with van der Waals surface area (Å²) in [4.78, 5) is 3.21. The molecule has 18 heavy (non-hydrogen) atoms. The average Bonchev–Trinajstić information content (AvgIpc) is 2.88. The number of rotatable bonds is 5. The summed E-state index contributed by atoms with van der Waals surface area (Å²) < 4.78 is 3.25. The third-order valence-corrected chi connectivity index (χ3v) is 4.65. The summed E-state index contributed by atoms with van der Waals surface area (Å²) in [5.41, 5.74) is 1.86. The van der Waals surface area contributed by atoms with Gasteiger partial charge in [-0.05, 0) is 49.2 Å². The molecule has 2 rings (SSSR count). The van der Waals surface area contributed by atoms with Crippen molar-refractivity contribution < 1.29 is 0 Å². The van der Waals surface area contributed by atoms with Crippen molar-refractivity contribution >= 4 is 12.2 Å². The molecule has 0 amide bonds. The summed E-state index contributed by atoms with van der Waals surface area (Å²) in [6.45, 7) is 8.02. The quantitative estimate of drug-likeness (QED) is 0.765. The maximum Gasteiger partial charge on any atom is 0.177 e. The number of aryl methyl sites for hydroxylation is 1. The van der Waals surface area contributed by atoms with E-state index in [-0.39, 0.29) is 0 Å². The molecule has 0 atom stereocenters. The van der Waals surface area contributed by atoms with Crippen molar-refractivity contribution in [3.8, 4) is 0 Å². The van der Waals surface area contributed by atoms with E-state index in [0.29, 0.717) is 5.41 Å². The highest BCUT2D eigenvalue weighted by molar-refractivity contribution is 7.71. The van der Waals surface area contributed by atoms with Crippen LogP contribution in [0.25, 0.3) is 0 Å². The molecule has 1 heterocycles. The van der Waals surface area contributed by atoms with Gasteiger partial charge >= 0.3 is 0 Å². The lowest BCUT2D eigenvalue weighted by Gasteiger charge is -2.32. The van der Waals surface area contributed by atoms with Crippen molar-refractivity contribution in [1.29, 1.82) is 0 Å². The maximum absolute atomic E-state index is 5.44. The molecule has 0 bridgehead atoms. The molecule has 0 unspecified atom stereocenters. The van der Waals surface area contributed by atoms with Crippen molar-refractivity contribution in [2.45, 2.75) is 65.8 Å². The van der Waals surface area contributed by atoms with Crippen molar-refractivity contribution in [2.24, 2.45) is 11.3 Å². The summed E-state index contributed by atoms with van der Waals surface area (Å²) in [5, 5.41) is 0. The van der Waals surface area contributed by atoms with E-state index in [1.807, 2.05) is 0 Å². The van der Waals surface area contributed by atoms with Crippen molar-refractivity contribution in [3.63, 3.8) is 0 Å². The van der Waals surface area contributed by atoms with Gasteiger partial charge in [0.05, 0.1) is 0 Å². The van der Waals surface area contributed by atoms with Crippen LogP contribution in [0.15, 0.2) is 6.20 Å². The van der Waals surface area contributed by atoms with Crippen LogP contribution in [-0.2, 0) is 13.0 Å². The van der Waals surface area contributed by atoms with Crippen LogP contribution >= 0.6 is 12.2 Å². The van der Waals surface area contributed by atoms with Gasteiger partial charge in [-0.15, -0.1) is 0 Å². The third-order valence-electron chi connectivity index (χ3n) is 4.32. The zero-order valence-electron chi connectivity index (χ0n) is 12.0. The molecule has 1 fully saturated rings. The van der Waals surface area contributed by atoms with Gasteiger partial charge in [-0.2, -0.15) is 0 Å². The topological polar surface area (TPSA) is 20.7 Å². The molecular formula is C15H26N2S. The first kappa shape index (κ1) is 13.9. The Morgan fingerprint density at radius 3 is 2.61 bits per heavy atom. The molecule has 102 valence electrons. The van der Waals surface area contributed by atoms with Gasteiger partial charge in [0, 0.05) is 18.4 Å². The second-order valence-corrected chi connectivity index (χ2v) is 6.72. The number of H-pyrrole nitrogens is 1. The zero-order chi connectivity index (χ0) is 13.2. The molecule has 2 nitrogen and oxygen atoms in total. The van der Waals surface area contributed by atoms with E-state index in [4.69, 9.17) is 12.2 Å². The fraction of sp³-hybridized carbons (Fsp3) is 0.800. The summed E-state index contributed by atoms with van der Waals surface area (Å²) in [5.74, 6) is 0.779. The minimum Gasteiger partial charge on any atom is -0.337 e. The Morgan fingerprint density at radius 2 is 2.06 bits per heavy atom. The van der Waals surface area contributed by atoms with Gasteiger partial charge in [-0.3, -0.25) is 0 Å². The van der Waals surface area contributed by atoms with Crippen molar-refractivity contribution in [3.05, 3.63) is 16.7 Å². The van der Waals surface area contributed by atoms with Crippen LogP contribution in [0.4, 0.5) is 0 Å². The van der Waals surface area contributed by atoms with E-state index in [2.05, 4.69) is 36.5 Å². The number of aromatic nitrogens is 2. The Labute approximate surface area is 116 Å². The van der Waals surface area contributed by atoms with Crippen LogP contribution in [0.1, 0.15) is 58.6 Å². The number of hydrogen-bond acceptors (Lipinski definition) is 1. The lowest BCUT2D eigenvalue weighted by Crippen LogP contribution is -2.26. The van der Waals surface area contributed by atoms with Gasteiger partial charge in [-0.25, -0.2) is 0 Å². The summed E-state index contributed by atoms with van der Waals surface area (Å²) in [7, 11) is 0. The predicted molar refractivity (Wildman–Crippen MR) is 79.4 cm³/mol. The van der Waals surface area contributed by atoms with Crippen LogP contribution in [0.2, 0.25) is 0 Å². The normalized spacial score (nSPS) is 18.7. The number of aromatic amines is 1. The first-order chi connectivity index (χ1) is 8.56. The molecule has 0 aliphatic heterocycles. The molecule has 1 aromatic heterocycles. The Morgan fingerprint density at radius 1 is 1.39 bits per heavy atom. The SMILES string of the molecule is CCc1c[nH]c(=S)n1CC1(CC(C)C)CCCC1. The fourth-order valence-corrected chi connectivity index (χ4v) is 3.89. The fourth-order valence-electron chi connectivity index (χ4n) is 3.65. The zero-order valence-corrected chi connectivity index (χ0v) is 12.8. The van der Waals surface area contributed by atoms with E-state index in [0.717, 1.165) is 23.7 Å². The van der Waals surface area contributed by atoms with Crippen molar-refractivity contribution in [1.82, 2.24) is 9.55 Å². The third kappa shape index (κ3) is 2.87. The summed E-state index contributed by atoms with van der Waals surface area (Å²) in [6.07, 6.45) is 10.0. The molecule has 1 saturated carbocycles. The molecule has 1 aromatic rings. The van der Waals surface area contributed by atoms with E-state index in [1.165, 1.54) is 37.8 Å². The minimum atomic E-state index is 0.499. The second kappa shape index (κ2) is 5.60. The molecule has 1 N–H and O–H groups in total. The van der Waals surface area contributed by atoms with Crippen LogP contribution in [-0.4, -0.2) is 9.55 Å². The van der Waals surface area contributed by atoms with E-state index < -0.39 is 0 Å². The van der Waals surface area contributed by atoms with Gasteiger partial charge in [0.25, 0.3) is 0 Å². The molecular weight excluding hydrogens is 240 g/mol. The second-order valence-electron chi connectivity index (χ2n) is 6.33. The molecule has 0 saturated heterocycles. The summed E-state index contributed by atoms with van der Waals surface area (Å²) >= 11 is 5.44. The molecule has 0 spiro atoms. The predicted octanol–water partition coefficient (Wildman–Crippen LogP) is 4.71. The standard InChI is InChI=1S/C15H26N2S/c1-4-13-10-16-14(18)17(13)11-15(9-12(2)3)7-5-6-8-15/h10,12H,4-9,11H2,1-3H3,(H,16,18). The van der Waals surface area contributed by atoms with Crippen LogP contribution in [0.5, 0.6) is 0 Å². The Bertz CT molecular complexity index is 436.